The first kappa shape index (κ1) is 14.4. The smallest absolute Gasteiger partial charge is 0.326 e. The van der Waals surface area contributed by atoms with Gasteiger partial charge in [-0.1, -0.05) is 0 Å². The SMILES string of the molecule is CCOC(=O)C[C@@H](NC(=O)[C@@H]1CCOC1)C(=O)O. The third-order valence-corrected chi connectivity index (χ3v) is 2.59. The van der Waals surface area contributed by atoms with E-state index in [0.717, 1.165) is 0 Å². The van der Waals surface area contributed by atoms with E-state index in [1.807, 2.05) is 0 Å². The molecular weight excluding hydrogens is 242 g/mol. The Hall–Kier alpha value is -1.63. The highest BCUT2D eigenvalue weighted by Gasteiger charge is 2.29. The highest BCUT2D eigenvalue weighted by Crippen LogP contribution is 2.12. The largest absolute Gasteiger partial charge is 0.480 e. The molecule has 0 unspecified atom stereocenters. The molecule has 1 heterocycles. The highest BCUT2D eigenvalue weighted by molar-refractivity contribution is 5.88. The Morgan fingerprint density at radius 1 is 1.50 bits per heavy atom. The zero-order chi connectivity index (χ0) is 13.5. The second-order valence-corrected chi connectivity index (χ2v) is 3.97. The summed E-state index contributed by atoms with van der Waals surface area (Å²) in [6.07, 6.45) is 0.195. The molecule has 0 saturated carbocycles. The molecule has 0 spiro atoms. The zero-order valence-corrected chi connectivity index (χ0v) is 10.2. The van der Waals surface area contributed by atoms with E-state index >= 15 is 0 Å². The molecule has 1 amide bonds. The average Bonchev–Trinajstić information content (AvgIpc) is 2.81. The molecule has 0 aromatic heterocycles. The predicted molar refractivity (Wildman–Crippen MR) is 59.7 cm³/mol. The van der Waals surface area contributed by atoms with Crippen molar-refractivity contribution in [2.75, 3.05) is 19.8 Å². The first-order valence-electron chi connectivity index (χ1n) is 5.81. The third-order valence-electron chi connectivity index (χ3n) is 2.59. The lowest BCUT2D eigenvalue weighted by molar-refractivity contribution is -0.150. The standard InChI is InChI=1S/C11H17NO6/c1-2-18-9(13)5-8(11(15)16)12-10(14)7-3-4-17-6-7/h7-8H,2-6H2,1H3,(H,12,14)(H,15,16)/t7-,8-/m1/s1. The van der Waals surface area contributed by atoms with Gasteiger partial charge in [0.05, 0.1) is 25.6 Å². The highest BCUT2D eigenvalue weighted by atomic mass is 16.5. The summed E-state index contributed by atoms with van der Waals surface area (Å²) in [7, 11) is 0. The summed E-state index contributed by atoms with van der Waals surface area (Å²) in [6.45, 7) is 2.59. The number of esters is 1. The van der Waals surface area contributed by atoms with Gasteiger partial charge in [0.2, 0.25) is 5.91 Å². The van der Waals surface area contributed by atoms with E-state index in [-0.39, 0.29) is 25.6 Å². The van der Waals surface area contributed by atoms with E-state index in [1.165, 1.54) is 0 Å². The Morgan fingerprint density at radius 3 is 2.72 bits per heavy atom. The van der Waals surface area contributed by atoms with Crippen LogP contribution in [-0.2, 0) is 23.9 Å². The van der Waals surface area contributed by atoms with Crippen LogP contribution in [0.15, 0.2) is 0 Å². The van der Waals surface area contributed by atoms with E-state index in [4.69, 9.17) is 9.84 Å². The van der Waals surface area contributed by atoms with Gasteiger partial charge in [-0.2, -0.15) is 0 Å². The maximum atomic E-state index is 11.7. The van der Waals surface area contributed by atoms with E-state index in [2.05, 4.69) is 10.1 Å². The van der Waals surface area contributed by atoms with Crippen molar-refractivity contribution in [3.05, 3.63) is 0 Å². The summed E-state index contributed by atoms with van der Waals surface area (Å²) in [5, 5.41) is 11.3. The van der Waals surface area contributed by atoms with Gasteiger partial charge in [-0.05, 0) is 13.3 Å². The molecule has 18 heavy (non-hydrogen) atoms. The average molecular weight is 259 g/mol. The number of hydrogen-bond donors (Lipinski definition) is 2. The Labute approximate surface area is 104 Å². The Bertz CT molecular complexity index is 323. The maximum absolute atomic E-state index is 11.7. The lowest BCUT2D eigenvalue weighted by Gasteiger charge is -2.15. The fraction of sp³-hybridized carbons (Fsp3) is 0.727. The molecule has 7 nitrogen and oxygen atoms in total. The molecule has 1 aliphatic heterocycles. The normalized spacial score (nSPS) is 20.2. The van der Waals surface area contributed by atoms with Gasteiger partial charge < -0.3 is 19.9 Å². The van der Waals surface area contributed by atoms with Crippen LogP contribution in [0.2, 0.25) is 0 Å². The second-order valence-electron chi connectivity index (χ2n) is 3.97. The van der Waals surface area contributed by atoms with Gasteiger partial charge in [-0.25, -0.2) is 4.79 Å². The van der Waals surface area contributed by atoms with Gasteiger partial charge in [-0.3, -0.25) is 9.59 Å². The third kappa shape index (κ3) is 4.33. The lowest BCUT2D eigenvalue weighted by Crippen LogP contribution is -2.45. The zero-order valence-electron chi connectivity index (χ0n) is 10.2. The van der Waals surface area contributed by atoms with Crippen molar-refractivity contribution < 1.29 is 29.0 Å². The summed E-state index contributed by atoms with van der Waals surface area (Å²) < 4.78 is 9.69. The molecule has 102 valence electrons. The molecular formula is C11H17NO6. The van der Waals surface area contributed by atoms with E-state index < -0.39 is 23.9 Å². The molecule has 1 saturated heterocycles. The number of hydrogen-bond acceptors (Lipinski definition) is 5. The van der Waals surface area contributed by atoms with E-state index in [9.17, 15) is 14.4 Å². The van der Waals surface area contributed by atoms with Crippen molar-refractivity contribution in [2.45, 2.75) is 25.8 Å². The van der Waals surface area contributed by atoms with Crippen LogP contribution in [0, 0.1) is 5.92 Å². The minimum absolute atomic E-state index is 0.176. The molecule has 1 rings (SSSR count). The van der Waals surface area contributed by atoms with Crippen molar-refractivity contribution in [1.82, 2.24) is 5.32 Å². The molecule has 1 fully saturated rings. The molecule has 0 radical (unpaired) electrons. The van der Waals surface area contributed by atoms with Crippen LogP contribution in [0.1, 0.15) is 19.8 Å². The second kappa shape index (κ2) is 6.95. The lowest BCUT2D eigenvalue weighted by atomic mass is 10.1. The molecule has 0 bridgehead atoms. The first-order valence-corrected chi connectivity index (χ1v) is 5.81. The van der Waals surface area contributed by atoms with E-state index in [0.29, 0.717) is 13.0 Å². The summed E-state index contributed by atoms with van der Waals surface area (Å²) in [5.41, 5.74) is 0. The molecule has 7 heteroatoms. The summed E-state index contributed by atoms with van der Waals surface area (Å²) in [5.74, 6) is -2.64. The number of carbonyl (C=O) groups is 3. The minimum Gasteiger partial charge on any atom is -0.480 e. The van der Waals surface area contributed by atoms with Crippen LogP contribution in [-0.4, -0.2) is 48.8 Å². The Balaban J connectivity index is 2.49. The van der Waals surface area contributed by atoms with Crippen molar-refractivity contribution in [3.63, 3.8) is 0 Å². The van der Waals surface area contributed by atoms with Crippen LogP contribution in [0.3, 0.4) is 0 Å². The number of nitrogens with one attached hydrogen (secondary N) is 1. The molecule has 0 aliphatic carbocycles. The number of aliphatic carboxylic acids is 1. The summed E-state index contributed by atoms with van der Waals surface area (Å²) >= 11 is 0. The Kier molecular flexibility index (Phi) is 5.57. The number of amides is 1. The van der Waals surface area contributed by atoms with Gasteiger partial charge in [0, 0.05) is 6.61 Å². The number of rotatable bonds is 6. The summed E-state index contributed by atoms with van der Waals surface area (Å²) in [6, 6.07) is -1.25. The number of carboxylic acid groups (broad SMARTS) is 1. The quantitative estimate of drug-likeness (QED) is 0.626. The Morgan fingerprint density at radius 2 is 2.22 bits per heavy atom. The molecule has 2 N–H and O–H groups in total. The monoisotopic (exact) mass is 259 g/mol. The van der Waals surface area contributed by atoms with Crippen molar-refractivity contribution >= 4 is 17.8 Å². The van der Waals surface area contributed by atoms with Gasteiger partial charge in [-0.15, -0.1) is 0 Å². The predicted octanol–water partition coefficient (Wildman–Crippen LogP) is -0.454. The number of ether oxygens (including phenoxy) is 2. The van der Waals surface area contributed by atoms with Crippen LogP contribution in [0.5, 0.6) is 0 Å². The van der Waals surface area contributed by atoms with Crippen LogP contribution in [0.25, 0.3) is 0 Å². The van der Waals surface area contributed by atoms with Crippen molar-refractivity contribution in [1.29, 1.82) is 0 Å². The fourth-order valence-electron chi connectivity index (χ4n) is 1.62. The maximum Gasteiger partial charge on any atom is 0.326 e. The summed E-state index contributed by atoms with van der Waals surface area (Å²) in [4.78, 5) is 33.8. The van der Waals surface area contributed by atoms with Gasteiger partial charge >= 0.3 is 11.9 Å². The molecule has 0 aromatic rings. The van der Waals surface area contributed by atoms with E-state index in [1.54, 1.807) is 6.92 Å². The topological polar surface area (TPSA) is 102 Å². The fourth-order valence-corrected chi connectivity index (χ4v) is 1.62. The van der Waals surface area contributed by atoms with Gasteiger partial charge in [0.15, 0.2) is 0 Å². The van der Waals surface area contributed by atoms with Crippen molar-refractivity contribution in [2.24, 2.45) is 5.92 Å². The number of carboxylic acids is 1. The van der Waals surface area contributed by atoms with Crippen LogP contribution in [0.4, 0.5) is 0 Å². The van der Waals surface area contributed by atoms with Crippen LogP contribution >= 0.6 is 0 Å². The van der Waals surface area contributed by atoms with Gasteiger partial charge in [0.25, 0.3) is 0 Å². The molecule has 1 aliphatic rings. The molecule has 2 atom stereocenters. The van der Waals surface area contributed by atoms with Crippen molar-refractivity contribution in [3.8, 4) is 0 Å². The number of carbonyl (C=O) groups excluding carboxylic acids is 2. The van der Waals surface area contributed by atoms with Gasteiger partial charge in [0.1, 0.15) is 6.04 Å². The van der Waals surface area contributed by atoms with Crippen LogP contribution < -0.4 is 5.32 Å². The minimum atomic E-state index is -1.25. The molecule has 0 aromatic carbocycles. The first-order chi connectivity index (χ1) is 8.54.